The highest BCUT2D eigenvalue weighted by atomic mass is 15.2. The van der Waals surface area contributed by atoms with E-state index in [1.807, 2.05) is 0 Å². The molecule has 14 rings (SSSR count). The first kappa shape index (κ1) is 47.3. The lowest BCUT2D eigenvalue weighted by molar-refractivity contribution is 0.795. The van der Waals surface area contributed by atoms with Crippen molar-refractivity contribution < 1.29 is 0 Å². The van der Waals surface area contributed by atoms with Crippen LogP contribution in [0.25, 0.3) is 72.0 Å². The highest BCUT2D eigenvalue weighted by molar-refractivity contribution is 7.00. The van der Waals surface area contributed by atoms with Gasteiger partial charge in [-0.15, -0.1) is 0 Å². The van der Waals surface area contributed by atoms with E-state index in [1.54, 1.807) is 0 Å². The molecular formula is C74H60BN3. The number of hydrogen-bond donors (Lipinski definition) is 0. The first-order valence-corrected chi connectivity index (χ1v) is 28.2. The monoisotopic (exact) mass is 1000 g/mol. The van der Waals surface area contributed by atoms with E-state index >= 15 is 0 Å². The molecule has 1 aromatic heterocycles. The summed E-state index contributed by atoms with van der Waals surface area (Å²) in [7, 11) is 0. The van der Waals surface area contributed by atoms with E-state index in [9.17, 15) is 0 Å². The van der Waals surface area contributed by atoms with Crippen molar-refractivity contribution in [3.8, 4) is 50.2 Å². The molecule has 0 fully saturated rings. The maximum Gasteiger partial charge on any atom is 0.252 e. The van der Waals surface area contributed by atoms with Crippen LogP contribution in [0.15, 0.2) is 255 Å². The summed E-state index contributed by atoms with van der Waals surface area (Å²) in [5, 5.41) is 2.51. The molecule has 11 aromatic carbocycles. The van der Waals surface area contributed by atoms with Crippen LogP contribution in [0.3, 0.4) is 0 Å². The van der Waals surface area contributed by atoms with Gasteiger partial charge in [0.1, 0.15) is 0 Å². The summed E-state index contributed by atoms with van der Waals surface area (Å²) in [5.74, 6) is 0. The summed E-state index contributed by atoms with van der Waals surface area (Å²) in [5.41, 5.74) is 27.0. The second kappa shape index (κ2) is 20.1. The van der Waals surface area contributed by atoms with E-state index in [2.05, 4.69) is 283 Å². The Morgan fingerprint density at radius 3 is 1.24 bits per heavy atom. The van der Waals surface area contributed by atoms with Crippen molar-refractivity contribution in [2.45, 2.75) is 52.4 Å². The smallest absolute Gasteiger partial charge is 0.252 e. The maximum atomic E-state index is 2.70. The molecule has 0 saturated carbocycles. The molecular weight excluding hydrogens is 942 g/mol. The number of benzene rings is 11. The zero-order valence-electron chi connectivity index (χ0n) is 44.4. The lowest BCUT2D eigenvalue weighted by Crippen LogP contribution is -2.61. The van der Waals surface area contributed by atoms with Crippen molar-refractivity contribution >= 4 is 79.0 Å². The van der Waals surface area contributed by atoms with Crippen LogP contribution in [-0.4, -0.2) is 11.3 Å². The van der Waals surface area contributed by atoms with Gasteiger partial charge in [0.15, 0.2) is 0 Å². The number of rotatable bonds is 13. The molecule has 2 aliphatic rings. The average molecular weight is 1000 g/mol. The van der Waals surface area contributed by atoms with Crippen LogP contribution in [0.2, 0.25) is 0 Å². The van der Waals surface area contributed by atoms with Gasteiger partial charge in [0.25, 0.3) is 6.71 Å². The Hall–Kier alpha value is -9.12. The predicted molar refractivity (Wildman–Crippen MR) is 334 cm³/mol. The molecule has 3 heterocycles. The van der Waals surface area contributed by atoms with Crippen molar-refractivity contribution in [2.24, 2.45) is 0 Å². The third kappa shape index (κ3) is 7.97. The summed E-state index contributed by atoms with van der Waals surface area (Å²) < 4.78 is 2.49. The minimum absolute atomic E-state index is 0.0744. The molecule has 4 heteroatoms. The van der Waals surface area contributed by atoms with Gasteiger partial charge in [0.05, 0.1) is 22.4 Å². The molecule has 0 spiro atoms. The van der Waals surface area contributed by atoms with Crippen LogP contribution >= 0.6 is 0 Å². The molecule has 0 atom stereocenters. The standard InChI is InChI=1S/C74H60BN3/c1-3-5-25-51-43-46-68-65(47-51)75-64-45-44-57(76-66-41-21-19-35-62(66)63-36-20-22-42-67(63)76)50-69(64)78(74-60(55-31-15-9-16-32-55)39-24-40-61(74)56-33-17-10-18-34-56)71-49-52(26-6-4-2)48-70(72(71)75)77(68)73-58(53-27-11-7-12-28-53)37-23-38-59(73)54-29-13-8-14-30-54/h7-24,27-50H,3-6,25-26H2,1-2H3. The van der Waals surface area contributed by atoms with Crippen molar-refractivity contribution in [3.05, 3.63) is 266 Å². The fourth-order valence-corrected chi connectivity index (χ4v) is 12.9. The van der Waals surface area contributed by atoms with Crippen LogP contribution in [-0.2, 0) is 12.8 Å². The quantitative estimate of drug-likeness (QED) is 0.107. The number of anilines is 6. The zero-order chi connectivity index (χ0) is 52.1. The van der Waals surface area contributed by atoms with E-state index < -0.39 is 0 Å². The fourth-order valence-electron chi connectivity index (χ4n) is 12.9. The Morgan fingerprint density at radius 2 is 0.769 bits per heavy atom. The van der Waals surface area contributed by atoms with E-state index in [1.165, 1.54) is 128 Å². The summed E-state index contributed by atoms with van der Waals surface area (Å²) in [6.45, 7) is 4.55. The number of aryl methyl sites for hydroxylation is 2. The topological polar surface area (TPSA) is 11.4 Å². The van der Waals surface area contributed by atoms with E-state index in [0.717, 1.165) is 44.2 Å². The normalized spacial score (nSPS) is 12.5. The van der Waals surface area contributed by atoms with Gasteiger partial charge in [-0.3, -0.25) is 0 Å². The van der Waals surface area contributed by atoms with Crippen molar-refractivity contribution in [1.82, 2.24) is 4.57 Å². The molecule has 0 N–H and O–H groups in total. The summed E-state index contributed by atoms with van der Waals surface area (Å²) in [6.07, 6.45) is 6.44. The van der Waals surface area contributed by atoms with E-state index in [0.29, 0.717) is 0 Å². The van der Waals surface area contributed by atoms with Gasteiger partial charge in [0.2, 0.25) is 0 Å². The maximum absolute atomic E-state index is 2.70. The Morgan fingerprint density at radius 1 is 0.333 bits per heavy atom. The molecule has 0 unspecified atom stereocenters. The average Bonchev–Trinajstić information content (AvgIpc) is 3.79. The van der Waals surface area contributed by atoms with Crippen LogP contribution in [0.4, 0.5) is 34.1 Å². The molecule has 0 radical (unpaired) electrons. The van der Waals surface area contributed by atoms with Gasteiger partial charge in [-0.2, -0.15) is 0 Å². The van der Waals surface area contributed by atoms with Crippen molar-refractivity contribution in [3.63, 3.8) is 0 Å². The summed E-state index contributed by atoms with van der Waals surface area (Å²) in [4.78, 5) is 5.39. The van der Waals surface area contributed by atoms with Gasteiger partial charge < -0.3 is 14.4 Å². The van der Waals surface area contributed by atoms with Crippen molar-refractivity contribution in [1.29, 1.82) is 0 Å². The van der Waals surface area contributed by atoms with Gasteiger partial charge in [0, 0.05) is 61.5 Å². The first-order valence-electron chi connectivity index (χ1n) is 28.2. The zero-order valence-corrected chi connectivity index (χ0v) is 44.4. The Balaban J connectivity index is 1.15. The third-order valence-corrected chi connectivity index (χ3v) is 16.5. The van der Waals surface area contributed by atoms with Gasteiger partial charge in [-0.25, -0.2) is 0 Å². The lowest BCUT2D eigenvalue weighted by atomic mass is 9.33. The number of hydrogen-bond acceptors (Lipinski definition) is 2. The number of unbranched alkanes of at least 4 members (excludes halogenated alkanes) is 2. The van der Waals surface area contributed by atoms with Crippen LogP contribution in [0.1, 0.15) is 50.7 Å². The molecule has 78 heavy (non-hydrogen) atoms. The number of fused-ring (bicyclic) bond motifs is 7. The van der Waals surface area contributed by atoms with Crippen LogP contribution < -0.4 is 26.2 Å². The first-order chi connectivity index (χ1) is 38.7. The Bertz CT molecular complexity index is 4010. The second-order valence-electron chi connectivity index (χ2n) is 21.2. The lowest BCUT2D eigenvalue weighted by Gasteiger charge is -2.46. The summed E-state index contributed by atoms with van der Waals surface area (Å²) in [6, 6.07) is 96.0. The Kier molecular flexibility index (Phi) is 12.2. The number of para-hydroxylation sites is 4. The van der Waals surface area contributed by atoms with Crippen LogP contribution in [0.5, 0.6) is 0 Å². The number of aromatic nitrogens is 1. The van der Waals surface area contributed by atoms with Gasteiger partial charge in [-0.05, 0) is 118 Å². The van der Waals surface area contributed by atoms with Crippen molar-refractivity contribution in [2.75, 3.05) is 9.80 Å². The highest BCUT2D eigenvalue weighted by Gasteiger charge is 2.45. The minimum atomic E-state index is -0.0744. The molecule has 374 valence electrons. The largest absolute Gasteiger partial charge is 0.310 e. The SMILES string of the molecule is CCCCc1ccc2c(c1)B1c3ccc(-n4c5ccccc5c5ccccc54)cc3N(c3c(-c4ccccc4)cccc3-c3ccccc3)c3cc(CCCC)cc(c31)N2c1c(-c2ccccc2)cccc1-c1ccccc1. The third-order valence-electron chi connectivity index (χ3n) is 16.5. The predicted octanol–water partition coefficient (Wildman–Crippen LogP) is 18.2. The van der Waals surface area contributed by atoms with Gasteiger partial charge in [-0.1, -0.05) is 239 Å². The van der Waals surface area contributed by atoms with E-state index in [-0.39, 0.29) is 6.71 Å². The molecule has 2 aliphatic heterocycles. The molecule has 0 bridgehead atoms. The van der Waals surface area contributed by atoms with Crippen LogP contribution in [0, 0.1) is 0 Å². The molecule has 0 amide bonds. The molecule has 0 saturated heterocycles. The molecule has 3 nitrogen and oxygen atoms in total. The van der Waals surface area contributed by atoms with Gasteiger partial charge >= 0.3 is 0 Å². The number of nitrogens with zero attached hydrogens (tertiary/aromatic N) is 3. The minimum Gasteiger partial charge on any atom is -0.310 e. The second-order valence-corrected chi connectivity index (χ2v) is 21.2. The highest BCUT2D eigenvalue weighted by Crippen LogP contribution is 2.53. The fraction of sp³-hybridized carbons (Fsp3) is 0.108. The van der Waals surface area contributed by atoms with E-state index in [4.69, 9.17) is 0 Å². The molecule has 12 aromatic rings. The molecule has 0 aliphatic carbocycles. The summed E-state index contributed by atoms with van der Waals surface area (Å²) >= 11 is 0. The Labute approximate surface area is 459 Å².